The van der Waals surface area contributed by atoms with Crippen LogP contribution in [0.4, 0.5) is 0 Å². The smallest absolute Gasteiger partial charge is 0.105 e. The fourth-order valence-electron chi connectivity index (χ4n) is 1.35. The lowest BCUT2D eigenvalue weighted by Crippen LogP contribution is -2.26. The van der Waals surface area contributed by atoms with Gasteiger partial charge in [-0.25, -0.2) is 0 Å². The molecule has 1 aromatic carbocycles. The average molecular weight is 212 g/mol. The van der Waals surface area contributed by atoms with Crippen LogP contribution in [-0.4, -0.2) is 39.2 Å². The van der Waals surface area contributed by atoms with Crippen molar-refractivity contribution in [1.29, 1.82) is 0 Å². The molecule has 0 radical (unpaired) electrons. The summed E-state index contributed by atoms with van der Waals surface area (Å²) >= 11 is 0. The van der Waals surface area contributed by atoms with E-state index in [-0.39, 0.29) is 6.42 Å². The SMILES string of the molecule is OCC(O)CC(O)C(O)c1ccccc1. The molecule has 0 aliphatic heterocycles. The minimum Gasteiger partial charge on any atom is -0.394 e. The van der Waals surface area contributed by atoms with Gasteiger partial charge in [0.1, 0.15) is 6.10 Å². The fourth-order valence-corrected chi connectivity index (χ4v) is 1.35. The van der Waals surface area contributed by atoms with Gasteiger partial charge >= 0.3 is 0 Å². The maximum Gasteiger partial charge on any atom is 0.105 e. The standard InChI is InChI=1S/C11H16O4/c12-7-9(13)6-10(14)11(15)8-4-2-1-3-5-8/h1-5,9-15H,6-7H2. The van der Waals surface area contributed by atoms with Crippen LogP contribution in [0.15, 0.2) is 30.3 Å². The molecule has 0 saturated carbocycles. The third-order valence-corrected chi connectivity index (χ3v) is 2.23. The van der Waals surface area contributed by atoms with Crippen molar-refractivity contribution in [2.45, 2.75) is 24.7 Å². The summed E-state index contributed by atoms with van der Waals surface area (Å²) in [5, 5.41) is 36.9. The summed E-state index contributed by atoms with van der Waals surface area (Å²) in [7, 11) is 0. The van der Waals surface area contributed by atoms with E-state index < -0.39 is 24.9 Å². The number of hydrogen-bond acceptors (Lipinski definition) is 4. The van der Waals surface area contributed by atoms with Gasteiger partial charge in [-0.1, -0.05) is 30.3 Å². The van der Waals surface area contributed by atoms with E-state index >= 15 is 0 Å². The van der Waals surface area contributed by atoms with Gasteiger partial charge < -0.3 is 20.4 Å². The van der Waals surface area contributed by atoms with Crippen molar-refractivity contribution in [3.63, 3.8) is 0 Å². The summed E-state index contributed by atoms with van der Waals surface area (Å²) in [5.41, 5.74) is 0.593. The molecule has 0 fully saturated rings. The van der Waals surface area contributed by atoms with E-state index in [4.69, 9.17) is 10.2 Å². The zero-order chi connectivity index (χ0) is 11.3. The van der Waals surface area contributed by atoms with Crippen molar-refractivity contribution in [1.82, 2.24) is 0 Å². The van der Waals surface area contributed by atoms with Crippen LogP contribution >= 0.6 is 0 Å². The highest BCUT2D eigenvalue weighted by Crippen LogP contribution is 2.19. The van der Waals surface area contributed by atoms with Crippen LogP contribution < -0.4 is 0 Å². The Labute approximate surface area is 88.4 Å². The average Bonchev–Trinajstić information content (AvgIpc) is 2.29. The Bertz CT molecular complexity index is 275. The van der Waals surface area contributed by atoms with Crippen LogP contribution in [0, 0.1) is 0 Å². The summed E-state index contributed by atoms with van der Waals surface area (Å²) < 4.78 is 0. The molecule has 84 valence electrons. The van der Waals surface area contributed by atoms with Crippen molar-refractivity contribution in [2.24, 2.45) is 0 Å². The van der Waals surface area contributed by atoms with E-state index in [1.54, 1.807) is 24.3 Å². The first kappa shape index (κ1) is 12.1. The molecule has 1 rings (SSSR count). The number of rotatable bonds is 5. The van der Waals surface area contributed by atoms with Crippen molar-refractivity contribution >= 4 is 0 Å². The van der Waals surface area contributed by atoms with E-state index in [0.717, 1.165) is 0 Å². The maximum atomic E-state index is 9.69. The summed E-state index contributed by atoms with van der Waals surface area (Å²) in [6.07, 6.45) is -3.16. The van der Waals surface area contributed by atoms with Gasteiger partial charge in [0.05, 0.1) is 18.8 Å². The molecule has 0 aromatic heterocycles. The predicted molar refractivity (Wildman–Crippen MR) is 55.1 cm³/mol. The Morgan fingerprint density at radius 3 is 2.13 bits per heavy atom. The van der Waals surface area contributed by atoms with Crippen molar-refractivity contribution in [3.8, 4) is 0 Å². The largest absolute Gasteiger partial charge is 0.394 e. The van der Waals surface area contributed by atoms with Crippen molar-refractivity contribution in [2.75, 3.05) is 6.61 Å². The molecule has 3 unspecified atom stereocenters. The van der Waals surface area contributed by atoms with E-state index in [0.29, 0.717) is 5.56 Å². The van der Waals surface area contributed by atoms with Gasteiger partial charge in [0.15, 0.2) is 0 Å². The molecule has 4 heteroatoms. The summed E-state index contributed by atoms with van der Waals surface area (Å²) in [5.74, 6) is 0. The van der Waals surface area contributed by atoms with Crippen LogP contribution in [0.5, 0.6) is 0 Å². The molecule has 0 saturated heterocycles. The van der Waals surface area contributed by atoms with Gasteiger partial charge in [-0.2, -0.15) is 0 Å². The van der Waals surface area contributed by atoms with Crippen LogP contribution in [0.3, 0.4) is 0 Å². The Hall–Kier alpha value is -0.940. The highest BCUT2D eigenvalue weighted by atomic mass is 16.3. The molecule has 3 atom stereocenters. The van der Waals surface area contributed by atoms with Crippen LogP contribution in [0.1, 0.15) is 18.1 Å². The third-order valence-electron chi connectivity index (χ3n) is 2.23. The maximum absolute atomic E-state index is 9.69. The van der Waals surface area contributed by atoms with Gasteiger partial charge in [0.25, 0.3) is 0 Å². The zero-order valence-corrected chi connectivity index (χ0v) is 8.32. The lowest BCUT2D eigenvalue weighted by atomic mass is 10.0. The molecule has 0 spiro atoms. The van der Waals surface area contributed by atoms with E-state index in [9.17, 15) is 10.2 Å². The quantitative estimate of drug-likeness (QED) is 0.546. The lowest BCUT2D eigenvalue weighted by Gasteiger charge is -2.19. The second-order valence-corrected chi connectivity index (χ2v) is 3.49. The van der Waals surface area contributed by atoms with Crippen LogP contribution in [-0.2, 0) is 0 Å². The highest BCUT2D eigenvalue weighted by molar-refractivity contribution is 5.18. The van der Waals surface area contributed by atoms with Gasteiger partial charge in [0, 0.05) is 6.42 Å². The summed E-state index contributed by atoms with van der Waals surface area (Å²) in [4.78, 5) is 0. The fraction of sp³-hybridized carbons (Fsp3) is 0.455. The molecule has 0 aliphatic carbocycles. The second kappa shape index (κ2) is 5.82. The van der Waals surface area contributed by atoms with Crippen LogP contribution in [0.25, 0.3) is 0 Å². The minimum absolute atomic E-state index is 0.0490. The second-order valence-electron chi connectivity index (χ2n) is 3.49. The first-order valence-corrected chi connectivity index (χ1v) is 4.85. The summed E-state index contributed by atoms with van der Waals surface area (Å²) in [6.45, 7) is -0.418. The van der Waals surface area contributed by atoms with Crippen LogP contribution in [0.2, 0.25) is 0 Å². The molecule has 0 amide bonds. The molecular formula is C11H16O4. The molecule has 4 N–H and O–H groups in total. The van der Waals surface area contributed by atoms with Crippen molar-refractivity contribution < 1.29 is 20.4 Å². The predicted octanol–water partition coefficient (Wildman–Crippen LogP) is -0.176. The molecule has 0 heterocycles. The molecule has 4 nitrogen and oxygen atoms in total. The zero-order valence-electron chi connectivity index (χ0n) is 8.32. The Morgan fingerprint density at radius 1 is 1.00 bits per heavy atom. The number of aliphatic hydroxyl groups is 4. The third kappa shape index (κ3) is 3.60. The van der Waals surface area contributed by atoms with Gasteiger partial charge in [-0.05, 0) is 5.56 Å². The monoisotopic (exact) mass is 212 g/mol. The molecule has 1 aromatic rings. The van der Waals surface area contributed by atoms with Crippen molar-refractivity contribution in [3.05, 3.63) is 35.9 Å². The minimum atomic E-state index is -1.07. The van der Waals surface area contributed by atoms with E-state index in [1.807, 2.05) is 6.07 Å². The molecule has 0 bridgehead atoms. The van der Waals surface area contributed by atoms with Gasteiger partial charge in [-0.15, -0.1) is 0 Å². The Morgan fingerprint density at radius 2 is 1.60 bits per heavy atom. The molecule has 15 heavy (non-hydrogen) atoms. The lowest BCUT2D eigenvalue weighted by molar-refractivity contribution is -0.0245. The number of benzene rings is 1. The highest BCUT2D eigenvalue weighted by Gasteiger charge is 2.20. The number of aliphatic hydroxyl groups excluding tert-OH is 4. The van der Waals surface area contributed by atoms with E-state index in [1.165, 1.54) is 0 Å². The Kier molecular flexibility index (Phi) is 4.71. The normalized spacial score (nSPS) is 17.1. The summed E-state index contributed by atoms with van der Waals surface area (Å²) in [6, 6.07) is 8.71. The topological polar surface area (TPSA) is 80.9 Å². The Balaban J connectivity index is 2.57. The first-order valence-electron chi connectivity index (χ1n) is 4.85. The van der Waals surface area contributed by atoms with Gasteiger partial charge in [0.2, 0.25) is 0 Å². The van der Waals surface area contributed by atoms with Gasteiger partial charge in [-0.3, -0.25) is 0 Å². The molecule has 0 aliphatic rings. The number of hydrogen-bond donors (Lipinski definition) is 4. The van der Waals surface area contributed by atoms with E-state index in [2.05, 4.69) is 0 Å². The first-order chi connectivity index (χ1) is 7.15. The molecular weight excluding hydrogens is 196 g/mol.